The lowest BCUT2D eigenvalue weighted by molar-refractivity contribution is 0.0853. The maximum absolute atomic E-state index is 12.3. The molecule has 3 rings (SSSR count). The molecular weight excluding hydrogens is 330 g/mol. The lowest BCUT2D eigenvalue weighted by Gasteiger charge is -2.11. The Kier molecular flexibility index (Phi) is 5.96. The van der Waals surface area contributed by atoms with Gasteiger partial charge in [-0.1, -0.05) is 35.9 Å². The predicted molar refractivity (Wildman–Crippen MR) is 97.9 cm³/mol. The minimum Gasteiger partial charge on any atom is -0.376 e. The minimum atomic E-state index is -0.306. The summed E-state index contributed by atoms with van der Waals surface area (Å²) < 4.78 is 5.48. The van der Waals surface area contributed by atoms with E-state index in [0.29, 0.717) is 13.1 Å². The number of carbonyl (C=O) groups is 2. The number of ether oxygens (including phenoxy) is 1. The molecule has 1 aromatic carbocycles. The number of pyridine rings is 1. The first-order valence-electron chi connectivity index (χ1n) is 8.82. The summed E-state index contributed by atoms with van der Waals surface area (Å²) in [4.78, 5) is 28.7. The summed E-state index contributed by atoms with van der Waals surface area (Å²) in [5, 5.41) is 5.64. The third-order valence-corrected chi connectivity index (χ3v) is 4.30. The van der Waals surface area contributed by atoms with E-state index in [2.05, 4.69) is 15.6 Å². The number of carbonyl (C=O) groups excluding carboxylic acids is 2. The van der Waals surface area contributed by atoms with E-state index in [0.717, 1.165) is 25.0 Å². The van der Waals surface area contributed by atoms with Crippen molar-refractivity contribution in [2.45, 2.75) is 32.4 Å². The highest BCUT2D eigenvalue weighted by atomic mass is 16.5. The second-order valence-electron chi connectivity index (χ2n) is 6.42. The van der Waals surface area contributed by atoms with E-state index < -0.39 is 0 Å². The van der Waals surface area contributed by atoms with Crippen LogP contribution in [0, 0.1) is 6.92 Å². The summed E-state index contributed by atoms with van der Waals surface area (Å²) in [5.41, 5.74) is 2.63. The molecule has 1 aliphatic rings. The molecule has 1 fully saturated rings. The lowest BCUT2D eigenvalue weighted by Crippen LogP contribution is -2.32. The number of hydrogen-bond donors (Lipinski definition) is 2. The van der Waals surface area contributed by atoms with Crippen LogP contribution >= 0.6 is 0 Å². The second-order valence-corrected chi connectivity index (χ2v) is 6.42. The van der Waals surface area contributed by atoms with E-state index in [9.17, 15) is 9.59 Å². The van der Waals surface area contributed by atoms with Crippen LogP contribution in [-0.4, -0.2) is 36.1 Å². The molecule has 1 aromatic heterocycles. The summed E-state index contributed by atoms with van der Waals surface area (Å²) in [5.74, 6) is -0.604. The highest BCUT2D eigenvalue weighted by Gasteiger charge is 2.18. The van der Waals surface area contributed by atoms with Gasteiger partial charge in [0.1, 0.15) is 11.4 Å². The minimum absolute atomic E-state index is 0.0694. The Morgan fingerprint density at radius 3 is 2.42 bits per heavy atom. The molecule has 0 spiro atoms. The van der Waals surface area contributed by atoms with E-state index in [1.807, 2.05) is 31.2 Å². The Balaban J connectivity index is 1.55. The number of rotatable bonds is 6. The molecule has 2 aromatic rings. The van der Waals surface area contributed by atoms with Crippen LogP contribution in [0.3, 0.4) is 0 Å². The van der Waals surface area contributed by atoms with Crippen molar-refractivity contribution < 1.29 is 14.3 Å². The van der Waals surface area contributed by atoms with Crippen LogP contribution in [0.4, 0.5) is 0 Å². The van der Waals surface area contributed by atoms with Gasteiger partial charge in [0.05, 0.1) is 6.10 Å². The molecule has 26 heavy (non-hydrogen) atoms. The molecule has 0 aliphatic carbocycles. The van der Waals surface area contributed by atoms with Crippen LogP contribution in [0.5, 0.6) is 0 Å². The molecule has 6 heteroatoms. The van der Waals surface area contributed by atoms with E-state index in [4.69, 9.17) is 4.74 Å². The number of aromatic nitrogens is 1. The topological polar surface area (TPSA) is 80.3 Å². The largest absolute Gasteiger partial charge is 0.376 e. The molecule has 0 bridgehead atoms. The first kappa shape index (κ1) is 18.1. The van der Waals surface area contributed by atoms with Gasteiger partial charge in [-0.3, -0.25) is 9.59 Å². The smallest absolute Gasteiger partial charge is 0.270 e. The molecule has 1 atom stereocenters. The van der Waals surface area contributed by atoms with Crippen LogP contribution in [0.2, 0.25) is 0 Å². The Morgan fingerprint density at radius 1 is 1.08 bits per heavy atom. The second kappa shape index (κ2) is 8.58. The van der Waals surface area contributed by atoms with E-state index in [-0.39, 0.29) is 29.3 Å². The zero-order chi connectivity index (χ0) is 18.4. The average Bonchev–Trinajstić information content (AvgIpc) is 3.19. The molecule has 0 saturated carbocycles. The number of aryl methyl sites for hydroxylation is 1. The van der Waals surface area contributed by atoms with E-state index in [1.165, 1.54) is 5.56 Å². The number of benzene rings is 1. The van der Waals surface area contributed by atoms with Crippen LogP contribution in [0.25, 0.3) is 0 Å². The first-order chi connectivity index (χ1) is 12.6. The molecule has 2 N–H and O–H groups in total. The molecular formula is C20H23N3O3. The van der Waals surface area contributed by atoms with Crippen molar-refractivity contribution in [1.29, 1.82) is 0 Å². The standard InChI is InChI=1S/C20H23N3O3/c1-14-7-9-15(10-8-14)12-21-19(24)17-5-2-6-18(23-17)20(25)22-13-16-4-3-11-26-16/h2,5-10,16H,3-4,11-13H2,1H3,(H,21,24)(H,22,25). The monoisotopic (exact) mass is 353 g/mol. The van der Waals surface area contributed by atoms with Gasteiger partial charge in [-0.25, -0.2) is 4.98 Å². The molecule has 1 saturated heterocycles. The maximum atomic E-state index is 12.3. The van der Waals surface area contributed by atoms with E-state index in [1.54, 1.807) is 18.2 Å². The van der Waals surface area contributed by atoms with Crippen molar-refractivity contribution in [2.24, 2.45) is 0 Å². The van der Waals surface area contributed by atoms with Crippen LogP contribution in [0.15, 0.2) is 42.5 Å². The van der Waals surface area contributed by atoms with Crippen molar-refractivity contribution >= 4 is 11.8 Å². The van der Waals surface area contributed by atoms with Gasteiger partial charge < -0.3 is 15.4 Å². The van der Waals surface area contributed by atoms with E-state index >= 15 is 0 Å². The summed E-state index contributed by atoms with van der Waals surface area (Å²) in [6.45, 7) is 3.64. The van der Waals surface area contributed by atoms with Gasteiger partial charge in [0.25, 0.3) is 11.8 Å². The SMILES string of the molecule is Cc1ccc(CNC(=O)c2cccc(C(=O)NCC3CCCO3)n2)cc1. The normalized spacial score (nSPS) is 16.3. The molecule has 1 unspecified atom stereocenters. The molecule has 136 valence electrons. The number of amides is 2. The predicted octanol–water partition coefficient (Wildman–Crippen LogP) is 2.23. The van der Waals surface area contributed by atoms with Crippen molar-refractivity contribution in [2.75, 3.05) is 13.2 Å². The highest BCUT2D eigenvalue weighted by Crippen LogP contribution is 2.11. The Hall–Kier alpha value is -2.73. The Labute approximate surface area is 153 Å². The van der Waals surface area contributed by atoms with Gasteiger partial charge in [0.2, 0.25) is 0 Å². The van der Waals surface area contributed by atoms with Crippen molar-refractivity contribution in [3.63, 3.8) is 0 Å². The summed E-state index contributed by atoms with van der Waals surface area (Å²) in [6.07, 6.45) is 2.05. The highest BCUT2D eigenvalue weighted by molar-refractivity contribution is 5.96. The molecule has 6 nitrogen and oxygen atoms in total. The molecule has 1 aliphatic heterocycles. The summed E-state index contributed by atoms with van der Waals surface area (Å²) in [7, 11) is 0. The average molecular weight is 353 g/mol. The van der Waals surface area contributed by atoms with Gasteiger partial charge in [-0.15, -0.1) is 0 Å². The van der Waals surface area contributed by atoms with Gasteiger partial charge >= 0.3 is 0 Å². The van der Waals surface area contributed by atoms with Crippen molar-refractivity contribution in [3.8, 4) is 0 Å². The van der Waals surface area contributed by atoms with Crippen LogP contribution in [0.1, 0.15) is 44.9 Å². The fourth-order valence-corrected chi connectivity index (χ4v) is 2.77. The third-order valence-electron chi connectivity index (χ3n) is 4.30. The third kappa shape index (κ3) is 4.89. The van der Waals surface area contributed by atoms with Gasteiger partial charge in [0.15, 0.2) is 0 Å². The summed E-state index contributed by atoms with van der Waals surface area (Å²) in [6, 6.07) is 12.8. The molecule has 0 radical (unpaired) electrons. The molecule has 2 amide bonds. The zero-order valence-electron chi connectivity index (χ0n) is 14.8. The van der Waals surface area contributed by atoms with Crippen LogP contribution < -0.4 is 10.6 Å². The first-order valence-corrected chi connectivity index (χ1v) is 8.82. The van der Waals surface area contributed by atoms with Crippen molar-refractivity contribution in [1.82, 2.24) is 15.6 Å². The zero-order valence-corrected chi connectivity index (χ0v) is 14.8. The summed E-state index contributed by atoms with van der Waals surface area (Å²) >= 11 is 0. The van der Waals surface area contributed by atoms with Gasteiger partial charge in [-0.05, 0) is 37.5 Å². The lowest BCUT2D eigenvalue weighted by atomic mass is 10.1. The number of nitrogens with one attached hydrogen (secondary N) is 2. The van der Waals surface area contributed by atoms with Gasteiger partial charge in [0, 0.05) is 19.7 Å². The Morgan fingerprint density at radius 2 is 1.77 bits per heavy atom. The van der Waals surface area contributed by atoms with Crippen LogP contribution in [-0.2, 0) is 11.3 Å². The molecule has 2 heterocycles. The number of hydrogen-bond acceptors (Lipinski definition) is 4. The Bertz CT molecular complexity index is 768. The fourth-order valence-electron chi connectivity index (χ4n) is 2.77. The van der Waals surface area contributed by atoms with Gasteiger partial charge in [-0.2, -0.15) is 0 Å². The quantitative estimate of drug-likeness (QED) is 0.835. The fraction of sp³-hybridized carbons (Fsp3) is 0.350. The maximum Gasteiger partial charge on any atom is 0.270 e. The van der Waals surface area contributed by atoms with Crippen molar-refractivity contribution in [3.05, 3.63) is 65.0 Å². The number of nitrogens with zero attached hydrogens (tertiary/aromatic N) is 1.